The number of pyridine rings is 1. The van der Waals surface area contributed by atoms with E-state index in [0.717, 1.165) is 64.0 Å². The van der Waals surface area contributed by atoms with E-state index >= 15 is 0 Å². The van der Waals surface area contributed by atoms with Gasteiger partial charge >= 0.3 is 5.97 Å². The second-order valence-corrected chi connectivity index (χ2v) is 15.0. The summed E-state index contributed by atoms with van der Waals surface area (Å²) in [6, 6.07) is 9.83. The summed E-state index contributed by atoms with van der Waals surface area (Å²) in [4.78, 5) is 21.1. The van der Waals surface area contributed by atoms with Crippen LogP contribution >= 0.6 is 0 Å². The van der Waals surface area contributed by atoms with Crippen molar-refractivity contribution in [2.75, 3.05) is 44.9 Å². The molecule has 11 heteroatoms. The molecule has 274 valence electrons. The van der Waals surface area contributed by atoms with E-state index < -0.39 is 35.4 Å². The number of aromatic nitrogens is 2. The lowest BCUT2D eigenvalue weighted by Gasteiger charge is -2.42. The minimum absolute atomic E-state index is 0.211. The second kappa shape index (κ2) is 14.2. The molecule has 0 aliphatic carbocycles. The fourth-order valence-electron chi connectivity index (χ4n) is 7.12. The second-order valence-electron chi connectivity index (χ2n) is 15.0. The van der Waals surface area contributed by atoms with Crippen molar-refractivity contribution in [2.24, 2.45) is 0 Å². The number of hydrogen-bond donors (Lipinski definition) is 0. The van der Waals surface area contributed by atoms with Crippen LogP contribution in [0.1, 0.15) is 75.9 Å². The molecule has 0 N–H and O–H groups in total. The average molecular weight is 706 g/mol. The predicted octanol–water partition coefficient (Wildman–Crippen LogP) is 8.07. The molecule has 0 radical (unpaired) electrons. The van der Waals surface area contributed by atoms with Crippen molar-refractivity contribution in [3.63, 3.8) is 0 Å². The Labute approximate surface area is 298 Å². The Bertz CT molecular complexity index is 1940. The third-order valence-electron chi connectivity index (χ3n) is 9.96. The minimum atomic E-state index is -0.997. The first kappa shape index (κ1) is 36.7. The van der Waals surface area contributed by atoms with Gasteiger partial charge in [-0.2, -0.15) is 0 Å². The van der Waals surface area contributed by atoms with Crippen molar-refractivity contribution in [3.05, 3.63) is 70.4 Å². The van der Waals surface area contributed by atoms with Crippen molar-refractivity contribution in [2.45, 2.75) is 91.6 Å². The molecule has 2 atom stereocenters. The van der Waals surface area contributed by atoms with Crippen molar-refractivity contribution < 1.29 is 37.3 Å². The number of rotatable bonds is 3. The number of anilines is 1. The molecule has 1 saturated heterocycles. The Hall–Kier alpha value is -4.06. The SMILES string of the molecule is COC(=O)[C@@H](OC(C)(C)C)c1c(C)c(C)c2nc3c(C)n2c1N1CCC(C)(CC1)OCCOC[C@H](C)Oc1cc(F)c(F)cc1-c1cccc-3c1. The van der Waals surface area contributed by atoms with Gasteiger partial charge in [0.1, 0.15) is 23.3 Å². The number of piperidine rings is 1. The van der Waals surface area contributed by atoms with Crippen LogP contribution < -0.4 is 9.64 Å². The van der Waals surface area contributed by atoms with E-state index in [9.17, 15) is 13.6 Å². The number of methoxy groups -OCH3 is 1. The number of aryl methyl sites for hydroxylation is 2. The van der Waals surface area contributed by atoms with Gasteiger partial charge in [0.15, 0.2) is 17.7 Å². The van der Waals surface area contributed by atoms with Gasteiger partial charge in [0, 0.05) is 41.5 Å². The monoisotopic (exact) mass is 705 g/mol. The topological polar surface area (TPSA) is 83.8 Å². The average Bonchev–Trinajstić information content (AvgIpc) is 3.43. The third kappa shape index (κ3) is 7.34. The molecule has 3 aliphatic heterocycles. The molecule has 4 aromatic rings. The van der Waals surface area contributed by atoms with Crippen LogP contribution in [-0.4, -0.2) is 72.7 Å². The van der Waals surface area contributed by atoms with Gasteiger partial charge in [-0.3, -0.25) is 4.40 Å². The number of imidazole rings is 1. The van der Waals surface area contributed by atoms with E-state index in [1.807, 2.05) is 72.7 Å². The van der Waals surface area contributed by atoms with Crippen molar-refractivity contribution in [3.8, 4) is 28.1 Å². The van der Waals surface area contributed by atoms with Gasteiger partial charge in [-0.15, -0.1) is 0 Å². The van der Waals surface area contributed by atoms with Crippen LogP contribution in [0, 0.1) is 32.4 Å². The number of carbonyl (C=O) groups excluding carboxylic acids is 1. The molecule has 51 heavy (non-hydrogen) atoms. The van der Waals surface area contributed by atoms with Crippen LogP contribution in [0.5, 0.6) is 5.75 Å². The minimum Gasteiger partial charge on any atom is -0.488 e. The number of ether oxygens (including phenoxy) is 5. The van der Waals surface area contributed by atoms with Gasteiger partial charge in [0.25, 0.3) is 0 Å². The molecule has 0 amide bonds. The Balaban J connectivity index is 1.61. The molecule has 0 saturated carbocycles. The molecule has 0 spiro atoms. The number of nitrogens with zero attached hydrogens (tertiary/aromatic N) is 3. The van der Waals surface area contributed by atoms with Crippen LogP contribution in [0.25, 0.3) is 28.0 Å². The van der Waals surface area contributed by atoms with Gasteiger partial charge in [0.05, 0.1) is 43.8 Å². The fourth-order valence-corrected chi connectivity index (χ4v) is 7.12. The third-order valence-corrected chi connectivity index (χ3v) is 9.96. The maximum absolute atomic E-state index is 14.8. The number of halogens is 2. The molecule has 1 fully saturated rings. The van der Waals surface area contributed by atoms with Crippen LogP contribution in [0.15, 0.2) is 36.4 Å². The summed E-state index contributed by atoms with van der Waals surface area (Å²) in [6.45, 7) is 18.1. The summed E-state index contributed by atoms with van der Waals surface area (Å²) in [6.07, 6.45) is 0.0514. The lowest BCUT2D eigenvalue weighted by atomic mass is 9.92. The van der Waals surface area contributed by atoms with E-state index in [2.05, 4.69) is 16.2 Å². The smallest absolute Gasteiger partial charge is 0.339 e. The Morgan fingerprint density at radius 3 is 2.39 bits per heavy atom. The van der Waals surface area contributed by atoms with E-state index in [0.29, 0.717) is 37.4 Å². The van der Waals surface area contributed by atoms with Crippen molar-refractivity contribution >= 4 is 17.4 Å². The van der Waals surface area contributed by atoms with Crippen LogP contribution in [0.3, 0.4) is 0 Å². The first-order valence-corrected chi connectivity index (χ1v) is 17.6. The molecule has 5 heterocycles. The fraction of sp³-hybridized carbons (Fsp3) is 0.500. The van der Waals surface area contributed by atoms with Crippen LogP contribution in [0.2, 0.25) is 0 Å². The first-order chi connectivity index (χ1) is 24.1. The van der Waals surface area contributed by atoms with Gasteiger partial charge in [-0.1, -0.05) is 18.2 Å². The summed E-state index contributed by atoms with van der Waals surface area (Å²) in [7, 11) is 1.38. The zero-order valence-corrected chi connectivity index (χ0v) is 31.1. The van der Waals surface area contributed by atoms with E-state index in [1.54, 1.807) is 0 Å². The van der Waals surface area contributed by atoms with Crippen molar-refractivity contribution in [1.82, 2.24) is 9.38 Å². The van der Waals surface area contributed by atoms with E-state index in [1.165, 1.54) is 13.2 Å². The molecule has 6 bridgehead atoms. The number of benzene rings is 2. The van der Waals surface area contributed by atoms with E-state index in [-0.39, 0.29) is 18.0 Å². The number of esters is 1. The molecule has 3 aliphatic rings. The Morgan fingerprint density at radius 2 is 1.71 bits per heavy atom. The summed E-state index contributed by atoms with van der Waals surface area (Å²) in [5, 5.41) is 0. The highest BCUT2D eigenvalue weighted by Gasteiger charge is 2.39. The summed E-state index contributed by atoms with van der Waals surface area (Å²) in [5.41, 5.74) is 5.65. The van der Waals surface area contributed by atoms with Gasteiger partial charge in [-0.25, -0.2) is 18.6 Å². The molecule has 2 aromatic heterocycles. The quantitative estimate of drug-likeness (QED) is 0.156. The van der Waals surface area contributed by atoms with Gasteiger partial charge in [-0.05, 0) is 97.1 Å². The normalized spacial score (nSPS) is 20.6. The maximum Gasteiger partial charge on any atom is 0.339 e. The van der Waals surface area contributed by atoms with Gasteiger partial charge < -0.3 is 28.6 Å². The molecular formula is C40H49F2N3O6. The first-order valence-electron chi connectivity index (χ1n) is 17.6. The molecule has 9 nitrogen and oxygen atoms in total. The highest BCUT2D eigenvalue weighted by atomic mass is 19.2. The predicted molar refractivity (Wildman–Crippen MR) is 192 cm³/mol. The molecule has 0 unspecified atom stereocenters. The zero-order chi connectivity index (χ0) is 36.8. The highest BCUT2D eigenvalue weighted by Crippen LogP contribution is 2.43. The van der Waals surface area contributed by atoms with Crippen molar-refractivity contribution in [1.29, 1.82) is 0 Å². The largest absolute Gasteiger partial charge is 0.488 e. The highest BCUT2D eigenvalue weighted by molar-refractivity contribution is 5.83. The molecule has 7 rings (SSSR count). The zero-order valence-electron chi connectivity index (χ0n) is 31.1. The number of hydrogen-bond acceptors (Lipinski definition) is 8. The number of carbonyl (C=O) groups is 1. The van der Waals surface area contributed by atoms with Gasteiger partial charge in [0.2, 0.25) is 0 Å². The molecular weight excluding hydrogens is 656 g/mol. The standard InChI is InChI=1S/C40H49F2N3O6/c1-23-22-48-17-18-49-40(8)13-15-44(16-14-40)37-33(35(38(46)47-9)51-39(5,6)7)24(2)25(3)36-43-34(26(4)45(36)37)28-12-10-11-27(19-28)29-20-30(41)31(42)21-32(29)50-23/h10-12,19-21,23,35H,13-18,22H2,1-9H3/t23-,35-/m0/s1. The lowest BCUT2D eigenvalue weighted by molar-refractivity contribution is -0.164. The van der Waals surface area contributed by atoms with Crippen LogP contribution in [-0.2, 0) is 23.7 Å². The number of fused-ring (bicyclic) bond motifs is 8. The Morgan fingerprint density at radius 1 is 1.02 bits per heavy atom. The lowest BCUT2D eigenvalue weighted by Crippen LogP contribution is -2.46. The summed E-state index contributed by atoms with van der Waals surface area (Å²) >= 11 is 0. The maximum atomic E-state index is 14.8. The Kier molecular flexibility index (Phi) is 10.2. The summed E-state index contributed by atoms with van der Waals surface area (Å²) in [5.74, 6) is -1.41. The van der Waals surface area contributed by atoms with Crippen LogP contribution in [0.4, 0.5) is 14.6 Å². The summed E-state index contributed by atoms with van der Waals surface area (Å²) < 4.78 is 61.8. The van der Waals surface area contributed by atoms with E-state index in [4.69, 9.17) is 28.7 Å². The molecule has 2 aromatic carbocycles.